The molecule has 7 heteroatoms. The zero-order valence-corrected chi connectivity index (χ0v) is 6.11. The van der Waals surface area contributed by atoms with Gasteiger partial charge in [-0.05, 0) is 6.92 Å². The van der Waals surface area contributed by atoms with Gasteiger partial charge in [-0.3, -0.25) is 0 Å². The van der Waals surface area contributed by atoms with E-state index in [9.17, 15) is 26.3 Å². The Morgan fingerprint density at radius 1 is 0.833 bits per heavy atom. The van der Waals surface area contributed by atoms with Gasteiger partial charge < -0.3 is 0 Å². The van der Waals surface area contributed by atoms with Crippen LogP contribution in [-0.2, 0) is 0 Å². The lowest BCUT2D eigenvalue weighted by Gasteiger charge is -2.53. The summed E-state index contributed by atoms with van der Waals surface area (Å²) in [7, 11) is 0. The minimum Gasteiger partial charge on any atom is -0.232 e. The molecule has 0 aromatic carbocycles. The highest BCUT2D eigenvalue weighted by atomic mass is 35.5. The van der Waals surface area contributed by atoms with Crippen LogP contribution >= 0.6 is 11.6 Å². The molecular weight excluding hydrogens is 209 g/mol. The second kappa shape index (κ2) is 1.86. The quantitative estimate of drug-likeness (QED) is 0.427. The van der Waals surface area contributed by atoms with Crippen molar-refractivity contribution in [3.05, 3.63) is 6.92 Å². The molecule has 1 aliphatic rings. The maximum absolute atomic E-state index is 12.4. The molecule has 0 aromatic rings. The first kappa shape index (κ1) is 9.95. The van der Waals surface area contributed by atoms with Crippen LogP contribution in [0, 0.1) is 6.92 Å². The predicted molar refractivity (Wildman–Crippen MR) is 28.8 cm³/mol. The summed E-state index contributed by atoms with van der Waals surface area (Å²) in [5, 5.41) is -4.44. The topological polar surface area (TPSA) is 0 Å². The van der Waals surface area contributed by atoms with Gasteiger partial charge in [-0.2, -0.15) is 17.6 Å². The lowest BCUT2D eigenvalue weighted by molar-refractivity contribution is -0.397. The third kappa shape index (κ3) is 0.604. The zero-order chi connectivity index (χ0) is 10.0. The van der Waals surface area contributed by atoms with Crippen molar-refractivity contribution in [1.82, 2.24) is 0 Å². The number of hydrogen-bond acceptors (Lipinski definition) is 0. The molecule has 12 heavy (non-hydrogen) atoms. The smallest absolute Gasteiger partial charge is 0.232 e. The van der Waals surface area contributed by atoms with Gasteiger partial charge in [-0.15, -0.1) is 0 Å². The second-order valence-electron chi connectivity index (χ2n) is 2.52. The summed E-state index contributed by atoms with van der Waals surface area (Å²) in [6.45, 7) is 1.97. The van der Waals surface area contributed by atoms with E-state index in [0.717, 1.165) is 0 Å². The summed E-state index contributed by atoms with van der Waals surface area (Å²) in [6.07, 6.45) is 0. The van der Waals surface area contributed by atoms with Crippen LogP contribution in [-0.4, -0.2) is 22.6 Å². The van der Waals surface area contributed by atoms with Gasteiger partial charge in [-0.1, -0.05) is 11.6 Å². The lowest BCUT2D eigenvalue weighted by atomic mass is 9.72. The van der Waals surface area contributed by atoms with Crippen LogP contribution in [0.15, 0.2) is 0 Å². The van der Waals surface area contributed by atoms with Gasteiger partial charge in [0.15, 0.2) is 0 Å². The highest BCUT2D eigenvalue weighted by molar-refractivity contribution is 6.25. The van der Waals surface area contributed by atoms with Crippen molar-refractivity contribution >= 4 is 11.6 Å². The van der Waals surface area contributed by atoms with Gasteiger partial charge in [0.2, 0.25) is 5.67 Å². The van der Waals surface area contributed by atoms with Crippen molar-refractivity contribution < 1.29 is 26.3 Å². The van der Waals surface area contributed by atoms with E-state index in [1.807, 2.05) is 6.92 Å². The van der Waals surface area contributed by atoms with Crippen molar-refractivity contribution in [2.45, 2.75) is 22.6 Å². The molecule has 0 saturated heterocycles. The molecule has 1 fully saturated rings. The summed E-state index contributed by atoms with van der Waals surface area (Å²) in [6, 6.07) is 0. The van der Waals surface area contributed by atoms with Gasteiger partial charge in [0, 0.05) is 0 Å². The van der Waals surface area contributed by atoms with Crippen LogP contribution in [0.2, 0.25) is 0 Å². The number of halogens is 7. The second-order valence-corrected chi connectivity index (χ2v) is 3.05. The molecule has 1 rings (SSSR count). The van der Waals surface area contributed by atoms with Crippen molar-refractivity contribution in [3.8, 4) is 0 Å². The Balaban J connectivity index is 3.16. The van der Waals surface area contributed by atoms with Gasteiger partial charge in [-0.25, -0.2) is 8.78 Å². The SMILES string of the molecule is [CH2]C1(F)C(F)(F)C(F)(F)C1(F)Cl. The number of alkyl halides is 7. The fourth-order valence-electron chi connectivity index (χ4n) is 0.830. The molecule has 2 atom stereocenters. The fraction of sp³-hybridized carbons (Fsp3) is 0.800. The molecule has 1 radical (unpaired) electrons. The van der Waals surface area contributed by atoms with Crippen LogP contribution in [0.5, 0.6) is 0 Å². The maximum Gasteiger partial charge on any atom is 0.364 e. The molecule has 0 N–H and O–H groups in total. The summed E-state index contributed by atoms with van der Waals surface area (Å²) < 4.78 is 73.0. The summed E-state index contributed by atoms with van der Waals surface area (Å²) in [4.78, 5) is 0. The molecule has 0 aromatic heterocycles. The van der Waals surface area contributed by atoms with E-state index in [1.54, 1.807) is 0 Å². The zero-order valence-electron chi connectivity index (χ0n) is 5.35. The first-order valence-electron chi connectivity index (χ1n) is 2.68. The first-order chi connectivity index (χ1) is 5.00. The molecule has 0 amide bonds. The monoisotopic (exact) mass is 211 g/mol. The predicted octanol–water partition coefficient (Wildman–Crippen LogP) is 2.72. The van der Waals surface area contributed by atoms with Crippen molar-refractivity contribution in [2.24, 2.45) is 0 Å². The van der Waals surface area contributed by atoms with E-state index in [-0.39, 0.29) is 0 Å². The third-order valence-corrected chi connectivity index (χ3v) is 2.32. The summed E-state index contributed by atoms with van der Waals surface area (Å²) >= 11 is 4.24. The average Bonchev–Trinajstić information content (AvgIpc) is 1.84. The lowest BCUT2D eigenvalue weighted by Crippen LogP contribution is -2.82. The normalized spacial score (nSPS) is 50.0. The van der Waals surface area contributed by atoms with E-state index < -0.39 is 22.6 Å². The first-order valence-corrected chi connectivity index (χ1v) is 3.05. The van der Waals surface area contributed by atoms with Gasteiger partial charge in [0.1, 0.15) is 0 Å². The summed E-state index contributed by atoms with van der Waals surface area (Å²) in [5.74, 6) is -10.4. The molecule has 0 spiro atoms. The van der Waals surface area contributed by atoms with E-state index in [1.165, 1.54) is 0 Å². The largest absolute Gasteiger partial charge is 0.364 e. The van der Waals surface area contributed by atoms with Crippen LogP contribution in [0.4, 0.5) is 26.3 Å². The highest BCUT2D eigenvalue weighted by Crippen LogP contribution is 2.69. The van der Waals surface area contributed by atoms with E-state index in [4.69, 9.17) is 0 Å². The summed E-state index contributed by atoms with van der Waals surface area (Å²) in [5.41, 5.74) is -4.29. The third-order valence-electron chi connectivity index (χ3n) is 1.78. The Hall–Kier alpha value is -0.130. The van der Waals surface area contributed by atoms with E-state index in [0.29, 0.717) is 0 Å². The molecule has 1 aliphatic carbocycles. The van der Waals surface area contributed by atoms with Gasteiger partial charge >= 0.3 is 11.8 Å². The molecule has 0 bridgehead atoms. The van der Waals surface area contributed by atoms with Crippen LogP contribution in [0.25, 0.3) is 0 Å². The molecule has 0 heterocycles. The molecule has 1 saturated carbocycles. The van der Waals surface area contributed by atoms with E-state index in [2.05, 4.69) is 11.6 Å². The van der Waals surface area contributed by atoms with Gasteiger partial charge in [0.05, 0.1) is 0 Å². The number of rotatable bonds is 0. The Kier molecular flexibility index (Phi) is 1.54. The van der Waals surface area contributed by atoms with Crippen molar-refractivity contribution in [2.75, 3.05) is 0 Å². The van der Waals surface area contributed by atoms with Crippen LogP contribution < -0.4 is 0 Å². The molecule has 2 unspecified atom stereocenters. The van der Waals surface area contributed by atoms with Gasteiger partial charge in [0.25, 0.3) is 5.13 Å². The Morgan fingerprint density at radius 3 is 1.25 bits per heavy atom. The molecule has 71 valence electrons. The Morgan fingerprint density at radius 2 is 1.17 bits per heavy atom. The van der Waals surface area contributed by atoms with Crippen molar-refractivity contribution in [1.29, 1.82) is 0 Å². The maximum atomic E-state index is 12.4. The molecule has 0 nitrogen and oxygen atoms in total. The minimum absolute atomic E-state index is 1.97. The van der Waals surface area contributed by atoms with Crippen LogP contribution in [0.1, 0.15) is 0 Å². The fourth-order valence-corrected chi connectivity index (χ4v) is 1.07. The van der Waals surface area contributed by atoms with Crippen molar-refractivity contribution in [3.63, 3.8) is 0 Å². The Bertz CT molecular complexity index is 156. The van der Waals surface area contributed by atoms with E-state index >= 15 is 0 Å². The number of hydrogen-bond donors (Lipinski definition) is 0. The molecular formula is C5H2ClF6. The average molecular weight is 212 g/mol. The minimum atomic E-state index is -5.22. The standard InChI is InChI=1S/C5H2ClF6/c1-2(7)3(6,8)5(11,12)4(2,9)10/h1H2. The van der Waals surface area contributed by atoms with Crippen LogP contribution in [0.3, 0.4) is 0 Å². The molecule has 0 aliphatic heterocycles. The Labute approximate surface area is 68.5 Å². The highest BCUT2D eigenvalue weighted by Gasteiger charge is 2.96.